The Balaban J connectivity index is 1.54. The van der Waals surface area contributed by atoms with Gasteiger partial charge in [0.2, 0.25) is 11.8 Å². The molecule has 1 unspecified atom stereocenters. The van der Waals surface area contributed by atoms with Crippen LogP contribution in [0.5, 0.6) is 5.75 Å². The van der Waals surface area contributed by atoms with E-state index in [4.69, 9.17) is 4.74 Å². The lowest BCUT2D eigenvalue weighted by Crippen LogP contribution is -2.42. The van der Waals surface area contributed by atoms with Crippen molar-refractivity contribution in [2.24, 2.45) is 0 Å². The van der Waals surface area contributed by atoms with E-state index in [9.17, 15) is 14.7 Å². The van der Waals surface area contributed by atoms with E-state index in [1.807, 2.05) is 12.1 Å². The molecule has 2 N–H and O–H groups in total. The molecule has 0 spiro atoms. The third-order valence-corrected chi connectivity index (χ3v) is 4.77. The maximum absolute atomic E-state index is 12.6. The lowest BCUT2D eigenvalue weighted by Gasteiger charge is -2.32. The van der Waals surface area contributed by atoms with Crippen LogP contribution >= 0.6 is 0 Å². The zero-order chi connectivity index (χ0) is 20.6. The Labute approximate surface area is 169 Å². The second-order valence-corrected chi connectivity index (χ2v) is 7.03. The molecule has 1 aliphatic rings. The van der Waals surface area contributed by atoms with E-state index in [1.54, 1.807) is 29.4 Å². The van der Waals surface area contributed by atoms with Crippen molar-refractivity contribution in [1.82, 2.24) is 20.2 Å². The van der Waals surface area contributed by atoms with E-state index < -0.39 is 0 Å². The summed E-state index contributed by atoms with van der Waals surface area (Å²) in [6.45, 7) is 3.43. The Morgan fingerprint density at radius 2 is 2.03 bits per heavy atom. The number of hydrogen-bond donors (Lipinski definition) is 2. The number of carbonyl (C=O) groups excluding carboxylic acids is 2. The van der Waals surface area contributed by atoms with Crippen molar-refractivity contribution in [2.45, 2.75) is 32.3 Å². The van der Waals surface area contributed by atoms with Crippen molar-refractivity contribution in [2.75, 3.05) is 26.2 Å². The first-order valence-corrected chi connectivity index (χ1v) is 9.74. The summed E-state index contributed by atoms with van der Waals surface area (Å²) < 4.78 is 5.82. The Hall–Kier alpha value is -3.00. The number of aromatic hydroxyl groups is 1. The van der Waals surface area contributed by atoms with Crippen LogP contribution in [0.25, 0.3) is 0 Å². The molecule has 2 amide bonds. The molecule has 1 atom stereocenters. The summed E-state index contributed by atoms with van der Waals surface area (Å²) in [5.41, 5.74) is 2.48. The number of morpholine rings is 1. The average molecular weight is 398 g/mol. The molecule has 154 valence electrons. The van der Waals surface area contributed by atoms with Gasteiger partial charge in [-0.3, -0.25) is 19.6 Å². The molecule has 1 saturated heterocycles. The van der Waals surface area contributed by atoms with Crippen molar-refractivity contribution >= 4 is 11.8 Å². The van der Waals surface area contributed by atoms with Gasteiger partial charge in [0.15, 0.2) is 0 Å². The van der Waals surface area contributed by atoms with Crippen molar-refractivity contribution < 1.29 is 19.4 Å². The Morgan fingerprint density at radius 1 is 1.24 bits per heavy atom. The molecule has 1 aliphatic heterocycles. The largest absolute Gasteiger partial charge is 0.508 e. The van der Waals surface area contributed by atoms with Crippen LogP contribution in [-0.4, -0.2) is 58.0 Å². The number of nitrogens with zero attached hydrogens (tertiary/aromatic N) is 3. The molecule has 8 heteroatoms. The molecule has 2 heterocycles. The standard InChI is InChI=1S/C21H26N4O4/c1-15(26)23-9-8-17-12-22-13-19(24-17)20-14-25(10-11-29-20)21(28)7-4-16-2-5-18(27)6-3-16/h2-3,5-6,12-13,20,27H,4,7-11,14H2,1H3,(H,23,26). The SMILES string of the molecule is CC(=O)NCCc1cncc(C2CN(C(=O)CCc3ccc(O)cc3)CCO2)n1. The molecule has 0 saturated carbocycles. The van der Waals surface area contributed by atoms with Gasteiger partial charge in [-0.2, -0.15) is 0 Å². The van der Waals surface area contributed by atoms with Gasteiger partial charge in [0.25, 0.3) is 0 Å². The van der Waals surface area contributed by atoms with Gasteiger partial charge >= 0.3 is 0 Å². The number of nitrogens with one attached hydrogen (secondary N) is 1. The predicted molar refractivity (Wildman–Crippen MR) is 106 cm³/mol. The average Bonchev–Trinajstić information content (AvgIpc) is 2.73. The summed E-state index contributed by atoms with van der Waals surface area (Å²) in [6.07, 6.45) is 4.64. The lowest BCUT2D eigenvalue weighted by atomic mass is 10.1. The van der Waals surface area contributed by atoms with Gasteiger partial charge in [-0.15, -0.1) is 0 Å². The van der Waals surface area contributed by atoms with Gasteiger partial charge in [-0.05, 0) is 24.1 Å². The second kappa shape index (κ2) is 9.97. The topological polar surface area (TPSA) is 105 Å². The van der Waals surface area contributed by atoms with E-state index in [2.05, 4.69) is 15.3 Å². The van der Waals surface area contributed by atoms with Crippen LogP contribution in [-0.2, 0) is 27.2 Å². The van der Waals surface area contributed by atoms with E-state index >= 15 is 0 Å². The monoisotopic (exact) mass is 398 g/mol. The molecule has 1 aromatic heterocycles. The molecule has 8 nitrogen and oxygen atoms in total. The number of phenols is 1. The summed E-state index contributed by atoms with van der Waals surface area (Å²) in [5.74, 6) is 0.212. The number of aryl methyl sites for hydroxylation is 1. The molecule has 1 fully saturated rings. The molecular weight excluding hydrogens is 372 g/mol. The number of hydrogen-bond acceptors (Lipinski definition) is 6. The lowest BCUT2D eigenvalue weighted by molar-refractivity contribution is -0.139. The first-order chi connectivity index (χ1) is 14.0. The summed E-state index contributed by atoms with van der Waals surface area (Å²) in [5, 5.41) is 12.1. The van der Waals surface area contributed by atoms with Crippen LogP contribution in [0, 0.1) is 0 Å². The van der Waals surface area contributed by atoms with Crippen LogP contribution < -0.4 is 5.32 Å². The van der Waals surface area contributed by atoms with Crippen LogP contribution in [0.4, 0.5) is 0 Å². The second-order valence-electron chi connectivity index (χ2n) is 7.03. The number of amides is 2. The molecule has 0 radical (unpaired) electrons. The van der Waals surface area contributed by atoms with E-state index in [-0.39, 0.29) is 23.7 Å². The normalized spacial score (nSPS) is 16.4. The highest BCUT2D eigenvalue weighted by molar-refractivity contribution is 5.76. The molecule has 29 heavy (non-hydrogen) atoms. The van der Waals surface area contributed by atoms with Crippen molar-refractivity contribution in [3.63, 3.8) is 0 Å². The van der Waals surface area contributed by atoms with Gasteiger partial charge in [0.05, 0.1) is 30.7 Å². The molecule has 1 aromatic carbocycles. The smallest absolute Gasteiger partial charge is 0.223 e. The van der Waals surface area contributed by atoms with Gasteiger partial charge in [0.1, 0.15) is 11.9 Å². The number of aromatic nitrogens is 2. The fraction of sp³-hybridized carbons (Fsp3) is 0.429. The molecule has 3 rings (SSSR count). The Kier molecular flexibility index (Phi) is 7.13. The maximum Gasteiger partial charge on any atom is 0.223 e. The summed E-state index contributed by atoms with van der Waals surface area (Å²) in [6, 6.07) is 6.91. The van der Waals surface area contributed by atoms with Crippen LogP contribution in [0.2, 0.25) is 0 Å². The van der Waals surface area contributed by atoms with Crippen molar-refractivity contribution in [3.05, 3.63) is 53.6 Å². The number of benzene rings is 1. The number of carbonyl (C=O) groups is 2. The van der Waals surface area contributed by atoms with E-state index in [0.717, 1.165) is 11.3 Å². The fourth-order valence-corrected chi connectivity index (χ4v) is 3.19. The minimum Gasteiger partial charge on any atom is -0.508 e. The third-order valence-electron chi connectivity index (χ3n) is 4.77. The highest BCUT2D eigenvalue weighted by Crippen LogP contribution is 2.21. The van der Waals surface area contributed by atoms with Gasteiger partial charge < -0.3 is 20.1 Å². The third kappa shape index (κ3) is 6.25. The van der Waals surface area contributed by atoms with Crippen molar-refractivity contribution in [1.29, 1.82) is 0 Å². The zero-order valence-corrected chi connectivity index (χ0v) is 16.5. The van der Waals surface area contributed by atoms with Gasteiger partial charge in [0, 0.05) is 39.1 Å². The van der Waals surface area contributed by atoms with Crippen LogP contribution in [0.15, 0.2) is 36.7 Å². The van der Waals surface area contributed by atoms with Crippen LogP contribution in [0.1, 0.15) is 36.4 Å². The van der Waals surface area contributed by atoms with Gasteiger partial charge in [-0.1, -0.05) is 12.1 Å². The predicted octanol–water partition coefficient (Wildman–Crippen LogP) is 1.39. The first-order valence-electron chi connectivity index (χ1n) is 9.74. The fourth-order valence-electron chi connectivity index (χ4n) is 3.19. The molecular formula is C21H26N4O4. The van der Waals surface area contributed by atoms with Crippen LogP contribution in [0.3, 0.4) is 0 Å². The summed E-state index contributed by atoms with van der Waals surface area (Å²) >= 11 is 0. The quantitative estimate of drug-likeness (QED) is 0.730. The summed E-state index contributed by atoms with van der Waals surface area (Å²) in [4.78, 5) is 34.2. The Morgan fingerprint density at radius 3 is 2.79 bits per heavy atom. The number of rotatable bonds is 7. The number of phenolic OH excluding ortho intramolecular Hbond substituents is 1. The molecule has 2 aromatic rings. The molecule has 0 aliphatic carbocycles. The van der Waals surface area contributed by atoms with E-state index in [1.165, 1.54) is 6.92 Å². The zero-order valence-electron chi connectivity index (χ0n) is 16.5. The van der Waals surface area contributed by atoms with Crippen molar-refractivity contribution in [3.8, 4) is 5.75 Å². The minimum absolute atomic E-state index is 0.0705. The highest BCUT2D eigenvalue weighted by atomic mass is 16.5. The number of ether oxygens (including phenoxy) is 1. The highest BCUT2D eigenvalue weighted by Gasteiger charge is 2.26. The first kappa shape index (κ1) is 20.7. The minimum atomic E-state index is -0.311. The molecule has 0 bridgehead atoms. The maximum atomic E-state index is 12.6. The van der Waals surface area contributed by atoms with Gasteiger partial charge in [-0.25, -0.2) is 0 Å². The Bertz CT molecular complexity index is 841. The summed E-state index contributed by atoms with van der Waals surface area (Å²) in [7, 11) is 0. The van der Waals surface area contributed by atoms with E-state index in [0.29, 0.717) is 51.2 Å².